The molecule has 118 valence electrons. The zero-order valence-electron chi connectivity index (χ0n) is 12.0. The molecule has 0 aromatic carbocycles. The number of hydrogen-bond acceptors (Lipinski definition) is 6. The lowest BCUT2D eigenvalue weighted by Gasteiger charge is -2.25. The number of aromatic nitrogens is 4. The smallest absolute Gasteiger partial charge is 0.308 e. The maximum absolute atomic E-state index is 12.0. The zero-order valence-corrected chi connectivity index (χ0v) is 13.6. The Morgan fingerprint density at radius 1 is 1.41 bits per heavy atom. The molecule has 0 spiro atoms. The number of ether oxygens (including phenoxy) is 1. The Morgan fingerprint density at radius 3 is 2.73 bits per heavy atom. The fourth-order valence-electron chi connectivity index (χ4n) is 3.02. The lowest BCUT2D eigenvalue weighted by atomic mass is 9.81. The SMILES string of the molecule is COC(=O)C1CCC(c2nc(Br)c3c(=O)[nH]c(N)nn23)CC1. The number of esters is 1. The Balaban J connectivity index is 1.92. The van der Waals surface area contributed by atoms with Crippen molar-refractivity contribution in [2.24, 2.45) is 5.92 Å². The predicted octanol–water partition coefficient (Wildman–Crippen LogP) is 1.21. The number of halogens is 1. The number of rotatable bonds is 2. The monoisotopic (exact) mass is 369 g/mol. The standard InChI is InChI=1S/C13H16BrN5O3/c1-22-12(21)7-4-2-6(3-5-7)10-16-9(14)8-11(20)17-13(15)18-19(8)10/h6-7H,2-5H2,1H3,(H3,15,17,18,20). The van der Waals surface area contributed by atoms with Crippen LogP contribution in [0.3, 0.4) is 0 Å². The van der Waals surface area contributed by atoms with Gasteiger partial charge in [-0.3, -0.25) is 14.6 Å². The summed E-state index contributed by atoms with van der Waals surface area (Å²) < 4.78 is 6.75. The number of anilines is 1. The minimum atomic E-state index is -0.332. The molecule has 22 heavy (non-hydrogen) atoms. The first kappa shape index (κ1) is 15.0. The van der Waals surface area contributed by atoms with Crippen molar-refractivity contribution in [3.8, 4) is 0 Å². The third kappa shape index (κ3) is 2.49. The van der Waals surface area contributed by atoms with E-state index in [4.69, 9.17) is 10.5 Å². The minimum absolute atomic E-state index is 0.0481. The molecule has 3 N–H and O–H groups in total. The van der Waals surface area contributed by atoms with E-state index in [1.165, 1.54) is 11.6 Å². The van der Waals surface area contributed by atoms with Gasteiger partial charge in [0.05, 0.1) is 13.0 Å². The number of nitrogens with two attached hydrogens (primary N) is 1. The van der Waals surface area contributed by atoms with Crippen molar-refractivity contribution in [3.63, 3.8) is 0 Å². The molecule has 0 atom stereocenters. The van der Waals surface area contributed by atoms with Gasteiger partial charge in [0.25, 0.3) is 5.56 Å². The second kappa shape index (κ2) is 5.71. The van der Waals surface area contributed by atoms with Crippen LogP contribution in [-0.2, 0) is 9.53 Å². The number of carbonyl (C=O) groups excluding carboxylic acids is 1. The summed E-state index contributed by atoms with van der Waals surface area (Å²) in [6, 6.07) is 0. The number of nitrogen functional groups attached to an aromatic ring is 1. The summed E-state index contributed by atoms with van der Waals surface area (Å²) in [7, 11) is 1.41. The summed E-state index contributed by atoms with van der Waals surface area (Å²) in [6.45, 7) is 0. The molecule has 2 aromatic heterocycles. The molecule has 0 bridgehead atoms. The van der Waals surface area contributed by atoms with Gasteiger partial charge in [-0.1, -0.05) is 0 Å². The summed E-state index contributed by atoms with van der Waals surface area (Å²) in [5.74, 6) is 0.659. The van der Waals surface area contributed by atoms with Crippen molar-refractivity contribution in [3.05, 3.63) is 20.8 Å². The summed E-state index contributed by atoms with van der Waals surface area (Å²) in [4.78, 5) is 30.4. The summed E-state index contributed by atoms with van der Waals surface area (Å²) in [5.41, 5.74) is 5.63. The third-order valence-corrected chi connectivity index (χ3v) is 4.68. The van der Waals surface area contributed by atoms with E-state index in [9.17, 15) is 9.59 Å². The number of fused-ring (bicyclic) bond motifs is 1. The summed E-state index contributed by atoms with van der Waals surface area (Å²) in [6.07, 6.45) is 3.06. The van der Waals surface area contributed by atoms with Crippen LogP contribution < -0.4 is 11.3 Å². The third-order valence-electron chi connectivity index (χ3n) is 4.13. The van der Waals surface area contributed by atoms with E-state index in [1.807, 2.05) is 0 Å². The molecular formula is C13H16BrN5O3. The number of methoxy groups -OCH3 is 1. The van der Waals surface area contributed by atoms with E-state index in [0.717, 1.165) is 25.7 Å². The Morgan fingerprint density at radius 2 is 2.09 bits per heavy atom. The van der Waals surface area contributed by atoms with Crippen LogP contribution in [0.2, 0.25) is 0 Å². The zero-order chi connectivity index (χ0) is 15.9. The van der Waals surface area contributed by atoms with E-state index >= 15 is 0 Å². The number of aromatic amines is 1. The van der Waals surface area contributed by atoms with E-state index in [1.54, 1.807) is 0 Å². The van der Waals surface area contributed by atoms with E-state index in [0.29, 0.717) is 15.9 Å². The molecule has 1 aliphatic rings. The van der Waals surface area contributed by atoms with E-state index in [-0.39, 0.29) is 29.3 Å². The highest BCUT2D eigenvalue weighted by Gasteiger charge is 2.31. The van der Waals surface area contributed by atoms with Crippen LogP contribution in [0.1, 0.15) is 37.4 Å². The van der Waals surface area contributed by atoms with Crippen molar-refractivity contribution in [2.45, 2.75) is 31.6 Å². The lowest BCUT2D eigenvalue weighted by Crippen LogP contribution is -2.23. The molecular weight excluding hydrogens is 354 g/mol. The van der Waals surface area contributed by atoms with Crippen LogP contribution in [0.15, 0.2) is 9.40 Å². The topological polar surface area (TPSA) is 115 Å². The largest absolute Gasteiger partial charge is 0.469 e. The van der Waals surface area contributed by atoms with Gasteiger partial charge in [-0.2, -0.15) is 0 Å². The van der Waals surface area contributed by atoms with Gasteiger partial charge >= 0.3 is 5.97 Å². The van der Waals surface area contributed by atoms with Gasteiger partial charge < -0.3 is 10.5 Å². The molecule has 1 aliphatic carbocycles. The fourth-order valence-corrected chi connectivity index (χ4v) is 3.55. The summed E-state index contributed by atoms with van der Waals surface area (Å²) >= 11 is 3.30. The Labute approximate surface area is 134 Å². The number of imidazole rings is 1. The van der Waals surface area contributed by atoms with Crippen molar-refractivity contribution in [1.82, 2.24) is 19.6 Å². The van der Waals surface area contributed by atoms with Crippen LogP contribution in [-0.4, -0.2) is 32.7 Å². The quantitative estimate of drug-likeness (QED) is 0.768. The van der Waals surface area contributed by atoms with Gasteiger partial charge in [-0.15, -0.1) is 5.10 Å². The van der Waals surface area contributed by atoms with Gasteiger partial charge in [-0.25, -0.2) is 9.50 Å². The molecule has 2 heterocycles. The Hall–Kier alpha value is -1.90. The Kier molecular flexibility index (Phi) is 3.90. The normalized spacial score (nSPS) is 21.9. The average Bonchev–Trinajstić information content (AvgIpc) is 2.83. The maximum Gasteiger partial charge on any atom is 0.308 e. The molecule has 9 heteroatoms. The van der Waals surface area contributed by atoms with Gasteiger partial charge in [0.2, 0.25) is 5.95 Å². The lowest BCUT2D eigenvalue weighted by molar-refractivity contribution is -0.146. The van der Waals surface area contributed by atoms with Gasteiger partial charge in [0.1, 0.15) is 10.4 Å². The van der Waals surface area contributed by atoms with Gasteiger partial charge in [0, 0.05) is 5.92 Å². The number of hydrogen-bond donors (Lipinski definition) is 2. The molecule has 0 amide bonds. The molecule has 1 saturated carbocycles. The molecule has 0 aliphatic heterocycles. The number of H-pyrrole nitrogens is 1. The molecule has 0 saturated heterocycles. The predicted molar refractivity (Wildman–Crippen MR) is 82.4 cm³/mol. The van der Waals surface area contributed by atoms with Crippen molar-refractivity contribution in [2.75, 3.05) is 12.8 Å². The second-order valence-corrected chi connectivity index (χ2v) is 6.18. The Bertz CT molecular complexity index is 776. The first-order valence-corrected chi connectivity index (χ1v) is 7.82. The van der Waals surface area contributed by atoms with Crippen LogP contribution in [0.5, 0.6) is 0 Å². The molecule has 2 aromatic rings. The molecule has 0 radical (unpaired) electrons. The summed E-state index contributed by atoms with van der Waals surface area (Å²) in [5, 5.41) is 4.16. The van der Waals surface area contributed by atoms with E-state index in [2.05, 4.69) is 31.0 Å². The minimum Gasteiger partial charge on any atom is -0.469 e. The van der Waals surface area contributed by atoms with Crippen molar-refractivity contribution < 1.29 is 9.53 Å². The molecule has 0 unspecified atom stereocenters. The highest BCUT2D eigenvalue weighted by molar-refractivity contribution is 9.10. The van der Waals surface area contributed by atoms with Crippen LogP contribution in [0.4, 0.5) is 5.95 Å². The first-order valence-electron chi connectivity index (χ1n) is 7.03. The number of carbonyl (C=O) groups is 1. The van der Waals surface area contributed by atoms with E-state index < -0.39 is 0 Å². The maximum atomic E-state index is 12.0. The second-order valence-electron chi connectivity index (χ2n) is 5.43. The average molecular weight is 370 g/mol. The number of nitrogens with zero attached hydrogens (tertiary/aromatic N) is 3. The van der Waals surface area contributed by atoms with Gasteiger partial charge in [0.15, 0.2) is 5.52 Å². The van der Waals surface area contributed by atoms with Crippen molar-refractivity contribution in [1.29, 1.82) is 0 Å². The van der Waals surface area contributed by atoms with Crippen LogP contribution >= 0.6 is 15.9 Å². The van der Waals surface area contributed by atoms with Crippen LogP contribution in [0.25, 0.3) is 5.52 Å². The molecule has 1 fully saturated rings. The van der Waals surface area contributed by atoms with Crippen LogP contribution in [0, 0.1) is 5.92 Å². The molecule has 3 rings (SSSR count). The van der Waals surface area contributed by atoms with Crippen molar-refractivity contribution >= 4 is 33.4 Å². The fraction of sp³-hybridized carbons (Fsp3) is 0.538. The highest BCUT2D eigenvalue weighted by atomic mass is 79.9. The number of nitrogens with one attached hydrogen (secondary N) is 1. The highest BCUT2D eigenvalue weighted by Crippen LogP contribution is 2.36. The van der Waals surface area contributed by atoms with Gasteiger partial charge in [-0.05, 0) is 41.6 Å². The first-order chi connectivity index (χ1) is 10.5. The molecule has 8 nitrogen and oxygen atoms in total.